The first-order valence-corrected chi connectivity index (χ1v) is 12.5. The second-order valence-corrected chi connectivity index (χ2v) is 9.64. The van der Waals surface area contributed by atoms with Gasteiger partial charge in [-0.05, 0) is 38.5 Å². The number of hydrogen-bond donors (Lipinski definition) is 2. The standard InChI is InChI=1S/2C12H18O6/c13-10(14)2-1-3-12(11(15)16,4-8-6-17-8)5-9-7-18-9;13-11(17-7-9-5-15-9)3-1-2-4-12(14)18-8-10-6-16-10/h8-9H,1-7H2,(H,13,14)(H,15,16);9-10H,1-8H2. The Morgan fingerprint density at radius 3 is 1.42 bits per heavy atom. The second-order valence-electron chi connectivity index (χ2n) is 9.64. The predicted octanol–water partition coefficient (Wildman–Crippen LogP) is 1.32. The summed E-state index contributed by atoms with van der Waals surface area (Å²) >= 11 is 0. The van der Waals surface area contributed by atoms with Crippen molar-refractivity contribution in [3.8, 4) is 0 Å². The average Bonchev–Trinajstić information content (AvgIpc) is 3.65. The third-order valence-electron chi connectivity index (χ3n) is 6.22. The molecule has 0 bridgehead atoms. The van der Waals surface area contributed by atoms with Crippen LogP contribution in [0.1, 0.15) is 57.8 Å². The Hall–Kier alpha value is -2.28. The molecule has 4 atom stereocenters. The van der Waals surface area contributed by atoms with Gasteiger partial charge in [-0.2, -0.15) is 0 Å². The van der Waals surface area contributed by atoms with Crippen LogP contribution in [0, 0.1) is 5.41 Å². The lowest BCUT2D eigenvalue weighted by molar-refractivity contribution is -0.152. The van der Waals surface area contributed by atoms with E-state index in [0.29, 0.717) is 91.0 Å². The van der Waals surface area contributed by atoms with Gasteiger partial charge < -0.3 is 38.6 Å². The summed E-state index contributed by atoms with van der Waals surface area (Å²) in [5.41, 5.74) is -0.891. The van der Waals surface area contributed by atoms with Crippen molar-refractivity contribution >= 4 is 23.9 Å². The van der Waals surface area contributed by atoms with E-state index < -0.39 is 17.4 Å². The molecule has 4 unspecified atom stereocenters. The molecular formula is C24H36O12. The Labute approximate surface area is 209 Å². The maximum absolute atomic E-state index is 11.6. The summed E-state index contributed by atoms with van der Waals surface area (Å²) in [6.07, 6.45) is 3.87. The molecule has 0 aliphatic carbocycles. The maximum Gasteiger partial charge on any atom is 0.309 e. The van der Waals surface area contributed by atoms with E-state index in [1.165, 1.54) is 0 Å². The van der Waals surface area contributed by atoms with Crippen molar-refractivity contribution in [3.63, 3.8) is 0 Å². The van der Waals surface area contributed by atoms with Crippen LogP contribution in [-0.2, 0) is 47.6 Å². The van der Waals surface area contributed by atoms with Crippen LogP contribution < -0.4 is 0 Å². The maximum atomic E-state index is 11.6. The third-order valence-corrected chi connectivity index (χ3v) is 6.22. The van der Waals surface area contributed by atoms with Gasteiger partial charge in [-0.3, -0.25) is 19.2 Å². The minimum Gasteiger partial charge on any atom is -0.481 e. The summed E-state index contributed by atoms with van der Waals surface area (Å²) in [5, 5.41) is 18.1. The van der Waals surface area contributed by atoms with E-state index >= 15 is 0 Å². The van der Waals surface area contributed by atoms with Crippen molar-refractivity contribution in [3.05, 3.63) is 0 Å². The van der Waals surface area contributed by atoms with E-state index in [1.807, 2.05) is 0 Å². The number of ether oxygens (including phenoxy) is 6. The summed E-state index contributed by atoms with van der Waals surface area (Å²) in [7, 11) is 0. The molecule has 4 rings (SSSR count). The normalized spacial score (nSPS) is 26.4. The van der Waals surface area contributed by atoms with Crippen molar-refractivity contribution in [2.24, 2.45) is 5.41 Å². The number of aliphatic carboxylic acids is 2. The molecule has 12 nitrogen and oxygen atoms in total. The third kappa shape index (κ3) is 12.1. The van der Waals surface area contributed by atoms with Gasteiger partial charge in [-0.1, -0.05) is 0 Å². The summed E-state index contributed by atoms with van der Waals surface area (Å²) < 4.78 is 30.0. The van der Waals surface area contributed by atoms with Crippen molar-refractivity contribution in [1.29, 1.82) is 0 Å². The van der Waals surface area contributed by atoms with E-state index in [9.17, 15) is 24.3 Å². The first-order valence-electron chi connectivity index (χ1n) is 12.5. The summed E-state index contributed by atoms with van der Waals surface area (Å²) in [6.45, 7) is 3.29. The van der Waals surface area contributed by atoms with Gasteiger partial charge in [0.15, 0.2) is 0 Å². The Kier molecular flexibility index (Phi) is 10.9. The molecule has 4 saturated heterocycles. The predicted molar refractivity (Wildman–Crippen MR) is 120 cm³/mol. The van der Waals surface area contributed by atoms with Crippen LogP contribution in [0.2, 0.25) is 0 Å². The number of carboxylic acid groups (broad SMARTS) is 2. The van der Waals surface area contributed by atoms with Crippen molar-refractivity contribution in [1.82, 2.24) is 0 Å². The molecule has 4 aliphatic rings. The number of esters is 2. The zero-order valence-electron chi connectivity index (χ0n) is 20.4. The van der Waals surface area contributed by atoms with Crippen LogP contribution in [0.5, 0.6) is 0 Å². The van der Waals surface area contributed by atoms with Crippen LogP contribution >= 0.6 is 0 Å². The molecule has 4 aliphatic heterocycles. The Bertz CT molecular complexity index is 708. The smallest absolute Gasteiger partial charge is 0.309 e. The van der Waals surface area contributed by atoms with Crippen LogP contribution in [-0.4, -0.2) is 98.1 Å². The molecule has 2 N–H and O–H groups in total. The highest BCUT2D eigenvalue weighted by Gasteiger charge is 2.47. The van der Waals surface area contributed by atoms with Crippen LogP contribution in [0.15, 0.2) is 0 Å². The molecule has 0 spiro atoms. The largest absolute Gasteiger partial charge is 0.481 e. The number of carbonyl (C=O) groups excluding carboxylic acids is 2. The molecule has 4 heterocycles. The number of unbranched alkanes of at least 4 members (excludes halogenated alkanes) is 1. The van der Waals surface area contributed by atoms with Crippen LogP contribution in [0.4, 0.5) is 0 Å². The molecule has 0 aromatic carbocycles. The van der Waals surface area contributed by atoms with Crippen LogP contribution in [0.3, 0.4) is 0 Å². The molecule has 0 saturated carbocycles. The zero-order chi connectivity index (χ0) is 26.0. The van der Waals surface area contributed by atoms with E-state index in [2.05, 4.69) is 0 Å². The second kappa shape index (κ2) is 13.9. The quantitative estimate of drug-likeness (QED) is 0.152. The fourth-order valence-corrected chi connectivity index (χ4v) is 3.77. The number of rotatable bonds is 18. The fraction of sp³-hybridized carbons (Fsp3) is 0.833. The summed E-state index contributed by atoms with van der Waals surface area (Å²) in [4.78, 5) is 44.6. The lowest BCUT2D eigenvalue weighted by atomic mass is 9.75. The van der Waals surface area contributed by atoms with Crippen molar-refractivity contribution in [2.75, 3.05) is 39.6 Å². The Morgan fingerprint density at radius 1 is 0.667 bits per heavy atom. The van der Waals surface area contributed by atoms with Gasteiger partial charge in [0, 0.05) is 19.3 Å². The summed E-state index contributed by atoms with van der Waals surface area (Å²) in [6, 6.07) is 0. The van der Waals surface area contributed by atoms with E-state index in [1.54, 1.807) is 0 Å². The van der Waals surface area contributed by atoms with Crippen molar-refractivity contribution < 1.29 is 57.8 Å². The van der Waals surface area contributed by atoms with Crippen LogP contribution in [0.25, 0.3) is 0 Å². The fourth-order valence-electron chi connectivity index (χ4n) is 3.77. The first kappa shape index (κ1) is 28.3. The average molecular weight is 517 g/mol. The van der Waals surface area contributed by atoms with Gasteiger partial charge in [-0.25, -0.2) is 0 Å². The molecule has 0 radical (unpaired) electrons. The minimum atomic E-state index is -0.891. The number of hydrogen-bond acceptors (Lipinski definition) is 10. The topological polar surface area (TPSA) is 177 Å². The van der Waals surface area contributed by atoms with Gasteiger partial charge in [0.05, 0.1) is 44.1 Å². The lowest BCUT2D eigenvalue weighted by Gasteiger charge is -2.28. The molecular weight excluding hydrogens is 480 g/mol. The van der Waals surface area contributed by atoms with Gasteiger partial charge >= 0.3 is 23.9 Å². The number of epoxide rings is 4. The molecule has 204 valence electrons. The van der Waals surface area contributed by atoms with E-state index in [-0.39, 0.29) is 42.8 Å². The molecule has 4 fully saturated rings. The Morgan fingerprint density at radius 2 is 1.08 bits per heavy atom. The van der Waals surface area contributed by atoms with Gasteiger partial charge in [0.25, 0.3) is 0 Å². The number of carbonyl (C=O) groups is 4. The van der Waals surface area contributed by atoms with Gasteiger partial charge in [-0.15, -0.1) is 0 Å². The Balaban J connectivity index is 0.000000201. The monoisotopic (exact) mass is 516 g/mol. The van der Waals surface area contributed by atoms with E-state index in [4.69, 9.17) is 33.5 Å². The molecule has 12 heteroatoms. The molecule has 0 aromatic heterocycles. The summed E-state index contributed by atoms with van der Waals surface area (Å²) in [5.74, 6) is -2.21. The highest BCUT2D eigenvalue weighted by Crippen LogP contribution is 2.41. The molecule has 0 amide bonds. The lowest BCUT2D eigenvalue weighted by Crippen LogP contribution is -2.34. The molecule has 36 heavy (non-hydrogen) atoms. The SMILES string of the molecule is O=C(CCCCC(=O)OCC1CO1)OCC1CO1.O=C(O)CCCC(CC1CO1)(CC1CO1)C(=O)O. The highest BCUT2D eigenvalue weighted by atomic mass is 16.6. The zero-order valence-corrected chi connectivity index (χ0v) is 20.4. The van der Waals surface area contributed by atoms with Gasteiger partial charge in [0.1, 0.15) is 25.4 Å². The van der Waals surface area contributed by atoms with E-state index in [0.717, 1.165) is 0 Å². The highest BCUT2D eigenvalue weighted by molar-refractivity contribution is 5.75. The van der Waals surface area contributed by atoms with Crippen molar-refractivity contribution in [2.45, 2.75) is 82.2 Å². The molecule has 0 aromatic rings. The minimum absolute atomic E-state index is 0.00603. The first-order chi connectivity index (χ1) is 17.3. The van der Waals surface area contributed by atoms with Gasteiger partial charge in [0.2, 0.25) is 0 Å². The number of carboxylic acids is 2.